The Labute approximate surface area is 149 Å². The SMILES string of the molecule is O=C(Cc1ccccc1)Nc1ccc(CC(=O)C2CCCCC2)cc1. The molecule has 0 radical (unpaired) electrons. The summed E-state index contributed by atoms with van der Waals surface area (Å²) in [6, 6.07) is 17.3. The van der Waals surface area contributed by atoms with Gasteiger partial charge in [0.05, 0.1) is 6.42 Å². The third kappa shape index (κ3) is 5.28. The molecule has 0 saturated heterocycles. The minimum Gasteiger partial charge on any atom is -0.326 e. The summed E-state index contributed by atoms with van der Waals surface area (Å²) in [5.41, 5.74) is 2.79. The minimum absolute atomic E-state index is 0.0303. The molecule has 1 aliphatic rings. The fourth-order valence-electron chi connectivity index (χ4n) is 3.46. The third-order valence-corrected chi connectivity index (χ3v) is 4.88. The monoisotopic (exact) mass is 335 g/mol. The van der Waals surface area contributed by atoms with Gasteiger partial charge >= 0.3 is 0 Å². The number of rotatable bonds is 6. The van der Waals surface area contributed by atoms with Crippen molar-refractivity contribution >= 4 is 17.4 Å². The fourth-order valence-corrected chi connectivity index (χ4v) is 3.46. The number of nitrogens with one attached hydrogen (secondary N) is 1. The van der Waals surface area contributed by atoms with Crippen molar-refractivity contribution < 1.29 is 9.59 Å². The van der Waals surface area contributed by atoms with Crippen LogP contribution in [0.15, 0.2) is 54.6 Å². The molecule has 2 aromatic carbocycles. The second kappa shape index (κ2) is 8.61. The summed E-state index contributed by atoms with van der Waals surface area (Å²) in [5, 5.41) is 2.91. The highest BCUT2D eigenvalue weighted by atomic mass is 16.1. The molecular formula is C22H25NO2. The van der Waals surface area contributed by atoms with Crippen LogP contribution in [0.2, 0.25) is 0 Å². The number of carbonyl (C=O) groups excluding carboxylic acids is 2. The predicted molar refractivity (Wildman–Crippen MR) is 101 cm³/mol. The number of amides is 1. The second-order valence-corrected chi connectivity index (χ2v) is 6.89. The maximum Gasteiger partial charge on any atom is 0.228 e. The van der Waals surface area contributed by atoms with E-state index in [9.17, 15) is 9.59 Å². The van der Waals surface area contributed by atoms with Crippen molar-refractivity contribution in [3.63, 3.8) is 0 Å². The number of hydrogen-bond acceptors (Lipinski definition) is 2. The van der Waals surface area contributed by atoms with Gasteiger partial charge in [-0.15, -0.1) is 0 Å². The number of carbonyl (C=O) groups is 2. The van der Waals surface area contributed by atoms with Crippen LogP contribution in [0.4, 0.5) is 5.69 Å². The lowest BCUT2D eigenvalue weighted by Crippen LogP contribution is -2.19. The van der Waals surface area contributed by atoms with Gasteiger partial charge < -0.3 is 5.32 Å². The molecule has 2 aromatic rings. The van der Waals surface area contributed by atoms with E-state index in [1.54, 1.807) is 0 Å². The van der Waals surface area contributed by atoms with E-state index in [4.69, 9.17) is 0 Å². The topological polar surface area (TPSA) is 46.2 Å². The molecule has 0 bridgehead atoms. The molecule has 1 fully saturated rings. The van der Waals surface area contributed by atoms with E-state index in [1.165, 1.54) is 19.3 Å². The third-order valence-electron chi connectivity index (χ3n) is 4.88. The number of hydrogen-bond donors (Lipinski definition) is 1. The molecule has 3 rings (SSSR count). The highest BCUT2D eigenvalue weighted by Crippen LogP contribution is 2.25. The Morgan fingerprint density at radius 3 is 2.12 bits per heavy atom. The summed E-state index contributed by atoms with van der Waals surface area (Å²) in [6.07, 6.45) is 6.59. The summed E-state index contributed by atoms with van der Waals surface area (Å²) < 4.78 is 0. The van der Waals surface area contributed by atoms with Gasteiger partial charge in [-0.1, -0.05) is 61.7 Å². The van der Waals surface area contributed by atoms with Gasteiger partial charge in [-0.25, -0.2) is 0 Å². The first kappa shape index (κ1) is 17.4. The van der Waals surface area contributed by atoms with Crippen molar-refractivity contribution in [2.45, 2.75) is 44.9 Å². The van der Waals surface area contributed by atoms with Crippen molar-refractivity contribution in [3.05, 3.63) is 65.7 Å². The van der Waals surface area contributed by atoms with E-state index < -0.39 is 0 Å². The molecule has 0 spiro atoms. The van der Waals surface area contributed by atoms with Crippen LogP contribution in [-0.2, 0) is 22.4 Å². The summed E-state index contributed by atoms with van der Waals surface area (Å²) >= 11 is 0. The molecule has 1 amide bonds. The smallest absolute Gasteiger partial charge is 0.228 e. The van der Waals surface area contributed by atoms with Crippen LogP contribution in [-0.4, -0.2) is 11.7 Å². The molecule has 130 valence electrons. The van der Waals surface area contributed by atoms with Gasteiger partial charge in [-0.05, 0) is 36.1 Å². The van der Waals surface area contributed by atoms with Crippen LogP contribution < -0.4 is 5.32 Å². The first-order valence-corrected chi connectivity index (χ1v) is 9.16. The van der Waals surface area contributed by atoms with Crippen LogP contribution in [0, 0.1) is 5.92 Å². The lowest BCUT2D eigenvalue weighted by atomic mass is 9.84. The van der Waals surface area contributed by atoms with Crippen molar-refractivity contribution in [1.82, 2.24) is 0 Å². The van der Waals surface area contributed by atoms with Gasteiger partial charge in [0.25, 0.3) is 0 Å². The van der Waals surface area contributed by atoms with E-state index in [-0.39, 0.29) is 11.8 Å². The number of ketones is 1. The van der Waals surface area contributed by atoms with Gasteiger partial charge in [0.15, 0.2) is 0 Å². The van der Waals surface area contributed by atoms with Gasteiger partial charge in [0.2, 0.25) is 5.91 Å². The number of Topliss-reactive ketones (excluding diaryl/α,β-unsaturated/α-hetero) is 1. The molecule has 0 aliphatic heterocycles. The van der Waals surface area contributed by atoms with E-state index >= 15 is 0 Å². The Hall–Kier alpha value is -2.42. The fraction of sp³-hybridized carbons (Fsp3) is 0.364. The quantitative estimate of drug-likeness (QED) is 0.841. The summed E-state index contributed by atoms with van der Waals surface area (Å²) in [7, 11) is 0. The highest BCUT2D eigenvalue weighted by Gasteiger charge is 2.20. The summed E-state index contributed by atoms with van der Waals surface area (Å²) in [6.45, 7) is 0. The first-order chi connectivity index (χ1) is 12.2. The zero-order valence-corrected chi connectivity index (χ0v) is 14.5. The Balaban J connectivity index is 1.51. The number of benzene rings is 2. The van der Waals surface area contributed by atoms with Crippen LogP contribution >= 0.6 is 0 Å². The van der Waals surface area contributed by atoms with Crippen LogP contribution in [0.1, 0.15) is 43.2 Å². The van der Waals surface area contributed by atoms with Gasteiger partial charge in [-0.2, -0.15) is 0 Å². The van der Waals surface area contributed by atoms with Crippen molar-refractivity contribution in [1.29, 1.82) is 0 Å². The molecule has 0 aromatic heterocycles. The van der Waals surface area contributed by atoms with E-state index in [1.807, 2.05) is 54.6 Å². The Kier molecular flexibility index (Phi) is 5.99. The summed E-state index contributed by atoms with van der Waals surface area (Å²) in [5.74, 6) is 0.580. The molecule has 3 heteroatoms. The van der Waals surface area contributed by atoms with Crippen molar-refractivity contribution in [3.8, 4) is 0 Å². The highest BCUT2D eigenvalue weighted by molar-refractivity contribution is 5.92. The molecule has 1 N–H and O–H groups in total. The second-order valence-electron chi connectivity index (χ2n) is 6.89. The van der Waals surface area contributed by atoms with E-state index in [2.05, 4.69) is 5.32 Å². The van der Waals surface area contributed by atoms with E-state index in [0.717, 1.165) is 29.7 Å². The zero-order chi connectivity index (χ0) is 17.5. The first-order valence-electron chi connectivity index (χ1n) is 9.16. The Morgan fingerprint density at radius 1 is 0.800 bits per heavy atom. The molecule has 25 heavy (non-hydrogen) atoms. The van der Waals surface area contributed by atoms with Gasteiger partial charge in [0, 0.05) is 18.0 Å². The molecule has 1 aliphatic carbocycles. The normalized spacial score (nSPS) is 14.9. The molecule has 3 nitrogen and oxygen atoms in total. The zero-order valence-electron chi connectivity index (χ0n) is 14.5. The van der Waals surface area contributed by atoms with Crippen LogP contribution in [0.3, 0.4) is 0 Å². The minimum atomic E-state index is -0.0303. The standard InChI is InChI=1S/C22H25NO2/c24-21(19-9-5-2-6-10-19)15-18-11-13-20(14-12-18)23-22(25)16-17-7-3-1-4-8-17/h1,3-4,7-8,11-14,19H,2,5-6,9-10,15-16H2,(H,23,25). The lowest BCUT2D eigenvalue weighted by Gasteiger charge is -2.20. The molecule has 0 heterocycles. The average Bonchev–Trinajstić information content (AvgIpc) is 2.65. The Bertz CT molecular complexity index is 701. The van der Waals surface area contributed by atoms with Crippen LogP contribution in [0.5, 0.6) is 0 Å². The predicted octanol–water partition coefficient (Wildman–Crippen LogP) is 4.56. The maximum absolute atomic E-state index is 12.4. The van der Waals surface area contributed by atoms with E-state index in [0.29, 0.717) is 18.6 Å². The number of anilines is 1. The maximum atomic E-state index is 12.4. The molecule has 0 unspecified atom stereocenters. The largest absolute Gasteiger partial charge is 0.326 e. The summed E-state index contributed by atoms with van der Waals surface area (Å²) in [4.78, 5) is 24.4. The van der Waals surface area contributed by atoms with Crippen molar-refractivity contribution in [2.24, 2.45) is 5.92 Å². The van der Waals surface area contributed by atoms with Gasteiger partial charge in [0.1, 0.15) is 5.78 Å². The van der Waals surface area contributed by atoms with Crippen molar-refractivity contribution in [2.75, 3.05) is 5.32 Å². The lowest BCUT2D eigenvalue weighted by molar-refractivity contribution is -0.123. The molecular weight excluding hydrogens is 310 g/mol. The average molecular weight is 335 g/mol. The molecule has 0 atom stereocenters. The molecule has 1 saturated carbocycles. The Morgan fingerprint density at radius 2 is 1.44 bits per heavy atom. The van der Waals surface area contributed by atoms with Gasteiger partial charge in [-0.3, -0.25) is 9.59 Å². The van der Waals surface area contributed by atoms with Crippen LogP contribution in [0.25, 0.3) is 0 Å².